The molecule has 178 valence electrons. The van der Waals surface area contributed by atoms with Gasteiger partial charge in [0.25, 0.3) is 0 Å². The Morgan fingerprint density at radius 2 is 1.10 bits per heavy atom. The number of benzene rings is 1. The molecule has 0 fully saturated rings. The van der Waals surface area contributed by atoms with Crippen LogP contribution in [0.3, 0.4) is 0 Å². The van der Waals surface area contributed by atoms with Crippen molar-refractivity contribution in [2.45, 2.75) is 123 Å². The van der Waals surface area contributed by atoms with Crippen molar-refractivity contribution in [3.8, 4) is 0 Å². The smallest absolute Gasteiger partial charge is 0.307 e. The van der Waals surface area contributed by atoms with Crippen LogP contribution in [0.5, 0.6) is 0 Å². The number of carbonyl (C=O) groups is 1. The lowest BCUT2D eigenvalue weighted by molar-refractivity contribution is -0.145. The number of aliphatic hydroxyl groups is 1. The van der Waals surface area contributed by atoms with Gasteiger partial charge in [-0.3, -0.25) is 4.79 Å². The average molecular weight is 433 g/mol. The molecule has 2 unspecified atom stereocenters. The molecule has 31 heavy (non-hydrogen) atoms. The van der Waals surface area contributed by atoms with Gasteiger partial charge in [-0.25, -0.2) is 0 Å². The van der Waals surface area contributed by atoms with E-state index in [0.29, 0.717) is 0 Å². The van der Waals surface area contributed by atoms with Crippen molar-refractivity contribution in [1.82, 2.24) is 0 Å². The summed E-state index contributed by atoms with van der Waals surface area (Å²) >= 11 is 0. The molecule has 0 spiro atoms. The summed E-state index contributed by atoms with van der Waals surface area (Å²) in [4.78, 5) is 11.4. The van der Waals surface area contributed by atoms with Gasteiger partial charge in [-0.15, -0.1) is 0 Å². The largest absolute Gasteiger partial charge is 0.481 e. The second kappa shape index (κ2) is 16.3. The Kier molecular flexibility index (Phi) is 14.6. The summed E-state index contributed by atoms with van der Waals surface area (Å²) in [7, 11) is 0. The molecule has 0 aliphatic heterocycles. The van der Waals surface area contributed by atoms with Crippen LogP contribution < -0.4 is 0 Å². The summed E-state index contributed by atoms with van der Waals surface area (Å²) in [5.74, 6) is -0.862. The Morgan fingerprint density at radius 1 is 0.710 bits per heavy atom. The SMILES string of the molecule is CC(C)(C)C(CCCCCCCCCCCCCCCC(O)c1ccccc1)C(=O)O. The third kappa shape index (κ3) is 13.6. The third-order valence-electron chi connectivity index (χ3n) is 6.50. The first-order chi connectivity index (χ1) is 14.8. The second-order valence-corrected chi connectivity index (χ2v) is 10.4. The number of rotatable bonds is 18. The molecule has 0 heterocycles. The van der Waals surface area contributed by atoms with Crippen molar-refractivity contribution in [2.24, 2.45) is 11.3 Å². The van der Waals surface area contributed by atoms with Crippen LogP contribution in [-0.2, 0) is 4.79 Å². The van der Waals surface area contributed by atoms with Gasteiger partial charge in [-0.1, -0.05) is 135 Å². The molecule has 1 aromatic carbocycles. The van der Waals surface area contributed by atoms with Crippen LogP contribution in [0, 0.1) is 11.3 Å². The van der Waals surface area contributed by atoms with Crippen LogP contribution in [0.4, 0.5) is 0 Å². The molecule has 0 aliphatic carbocycles. The molecule has 0 amide bonds. The molecule has 2 N–H and O–H groups in total. The minimum atomic E-state index is -0.641. The number of unbranched alkanes of at least 4 members (excludes halogenated alkanes) is 12. The Morgan fingerprint density at radius 3 is 1.48 bits per heavy atom. The Balaban J connectivity index is 1.85. The monoisotopic (exact) mass is 432 g/mol. The van der Waals surface area contributed by atoms with Gasteiger partial charge in [0.1, 0.15) is 0 Å². The first-order valence-electron chi connectivity index (χ1n) is 12.8. The zero-order chi connectivity index (χ0) is 23.0. The normalized spacial score (nSPS) is 13.8. The molecule has 1 aromatic rings. The summed E-state index contributed by atoms with van der Waals surface area (Å²) in [6.07, 6.45) is 17.7. The maximum atomic E-state index is 11.4. The Bertz CT molecular complexity index is 561. The van der Waals surface area contributed by atoms with E-state index < -0.39 is 5.97 Å². The maximum Gasteiger partial charge on any atom is 0.307 e. The topological polar surface area (TPSA) is 57.5 Å². The zero-order valence-corrected chi connectivity index (χ0v) is 20.5. The third-order valence-corrected chi connectivity index (χ3v) is 6.50. The van der Waals surface area contributed by atoms with Crippen molar-refractivity contribution in [2.75, 3.05) is 0 Å². The van der Waals surface area contributed by atoms with Gasteiger partial charge in [0.2, 0.25) is 0 Å². The summed E-state index contributed by atoms with van der Waals surface area (Å²) in [6.45, 7) is 6.09. The predicted octanol–water partition coefficient (Wildman–Crippen LogP) is 8.32. The molecule has 0 saturated heterocycles. The molecule has 0 radical (unpaired) electrons. The van der Waals surface area contributed by atoms with Crippen LogP contribution in [0.2, 0.25) is 0 Å². The minimum Gasteiger partial charge on any atom is -0.481 e. The molecule has 0 aromatic heterocycles. The highest BCUT2D eigenvalue weighted by Gasteiger charge is 2.30. The highest BCUT2D eigenvalue weighted by Crippen LogP contribution is 2.30. The van der Waals surface area contributed by atoms with E-state index in [4.69, 9.17) is 0 Å². The highest BCUT2D eigenvalue weighted by molar-refractivity contribution is 5.70. The molecule has 0 saturated carbocycles. The van der Waals surface area contributed by atoms with Crippen LogP contribution in [-0.4, -0.2) is 16.2 Å². The number of aliphatic hydroxyl groups excluding tert-OH is 1. The van der Waals surface area contributed by atoms with Gasteiger partial charge in [-0.05, 0) is 23.8 Å². The quantitative estimate of drug-likeness (QED) is 0.229. The van der Waals surface area contributed by atoms with Crippen LogP contribution >= 0.6 is 0 Å². The predicted molar refractivity (Wildman–Crippen MR) is 131 cm³/mol. The van der Waals surface area contributed by atoms with Gasteiger partial charge in [0.15, 0.2) is 0 Å². The fourth-order valence-electron chi connectivity index (χ4n) is 4.40. The fourth-order valence-corrected chi connectivity index (χ4v) is 4.40. The fraction of sp³-hybridized carbons (Fsp3) is 0.750. The van der Waals surface area contributed by atoms with E-state index >= 15 is 0 Å². The Hall–Kier alpha value is -1.35. The summed E-state index contributed by atoms with van der Waals surface area (Å²) in [5, 5.41) is 19.5. The van der Waals surface area contributed by atoms with E-state index in [9.17, 15) is 15.0 Å². The van der Waals surface area contributed by atoms with Crippen LogP contribution in [0.15, 0.2) is 30.3 Å². The van der Waals surface area contributed by atoms with Crippen molar-refractivity contribution in [3.63, 3.8) is 0 Å². The average Bonchev–Trinajstić information content (AvgIpc) is 2.72. The molecule has 3 heteroatoms. The summed E-state index contributed by atoms with van der Waals surface area (Å²) < 4.78 is 0. The van der Waals surface area contributed by atoms with Crippen molar-refractivity contribution < 1.29 is 15.0 Å². The van der Waals surface area contributed by atoms with E-state index in [1.54, 1.807) is 0 Å². The molecule has 0 bridgehead atoms. The molecular weight excluding hydrogens is 384 g/mol. The van der Waals surface area contributed by atoms with E-state index in [2.05, 4.69) is 0 Å². The van der Waals surface area contributed by atoms with Gasteiger partial charge in [0, 0.05) is 0 Å². The second-order valence-electron chi connectivity index (χ2n) is 10.4. The van der Waals surface area contributed by atoms with E-state index in [1.165, 1.54) is 70.6 Å². The van der Waals surface area contributed by atoms with Crippen LogP contribution in [0.1, 0.15) is 129 Å². The molecule has 2 atom stereocenters. The van der Waals surface area contributed by atoms with Gasteiger partial charge < -0.3 is 10.2 Å². The maximum absolute atomic E-state index is 11.4. The number of carboxylic acids is 1. The van der Waals surface area contributed by atoms with E-state index in [1.807, 2.05) is 51.1 Å². The van der Waals surface area contributed by atoms with Crippen LogP contribution in [0.25, 0.3) is 0 Å². The first-order valence-corrected chi connectivity index (χ1v) is 12.8. The lowest BCUT2D eigenvalue weighted by atomic mass is 9.78. The van der Waals surface area contributed by atoms with E-state index in [-0.39, 0.29) is 17.4 Å². The zero-order valence-electron chi connectivity index (χ0n) is 20.5. The lowest BCUT2D eigenvalue weighted by Gasteiger charge is -2.26. The number of aliphatic carboxylic acids is 1. The van der Waals surface area contributed by atoms with Crippen molar-refractivity contribution in [1.29, 1.82) is 0 Å². The number of hydrogen-bond acceptors (Lipinski definition) is 2. The molecule has 3 nitrogen and oxygen atoms in total. The van der Waals surface area contributed by atoms with E-state index in [0.717, 1.165) is 31.2 Å². The minimum absolute atomic E-state index is 0.144. The van der Waals surface area contributed by atoms with Gasteiger partial charge in [-0.2, -0.15) is 0 Å². The highest BCUT2D eigenvalue weighted by atomic mass is 16.4. The van der Waals surface area contributed by atoms with Crippen molar-refractivity contribution in [3.05, 3.63) is 35.9 Å². The lowest BCUT2D eigenvalue weighted by Crippen LogP contribution is -2.28. The summed E-state index contributed by atoms with van der Waals surface area (Å²) in [5.41, 5.74) is 0.895. The van der Waals surface area contributed by atoms with Gasteiger partial charge in [0.05, 0.1) is 12.0 Å². The van der Waals surface area contributed by atoms with Crippen molar-refractivity contribution >= 4 is 5.97 Å². The number of carboxylic acid groups (broad SMARTS) is 1. The standard InChI is InChI=1S/C28H48O3/c1-28(2,3)25(27(30)31)22-18-13-11-9-7-5-4-6-8-10-12-14-19-23-26(29)24-20-16-15-17-21-24/h15-17,20-21,25-26,29H,4-14,18-19,22-23H2,1-3H3,(H,30,31). The van der Waals surface area contributed by atoms with Gasteiger partial charge >= 0.3 is 5.97 Å². The summed E-state index contributed by atoms with van der Waals surface area (Å²) in [6, 6.07) is 9.98. The molecule has 1 rings (SSSR count). The molecular formula is C28H48O3. The Labute approximate surface area is 191 Å². The number of hydrogen-bond donors (Lipinski definition) is 2. The first kappa shape index (κ1) is 27.7. The molecule has 0 aliphatic rings.